The van der Waals surface area contributed by atoms with Crippen LogP contribution < -0.4 is 5.32 Å². The lowest BCUT2D eigenvalue weighted by Gasteiger charge is -2.25. The number of nitrogens with one attached hydrogen (secondary N) is 1. The normalized spacial score (nSPS) is 14.3. The third-order valence-electron chi connectivity index (χ3n) is 13.0. The van der Waals surface area contributed by atoms with Gasteiger partial charge < -0.3 is 19.8 Å². The van der Waals surface area contributed by atoms with E-state index in [1.807, 2.05) is 27.2 Å². The number of carbonyl (C=O) groups is 1. The van der Waals surface area contributed by atoms with Crippen LogP contribution >= 0.6 is 7.82 Å². The summed E-state index contributed by atoms with van der Waals surface area (Å²) in [6.45, 7) is 4.82. The molecule has 0 aromatic carbocycles. The van der Waals surface area contributed by atoms with Crippen LogP contribution in [0.15, 0.2) is 48.6 Å². The van der Waals surface area contributed by atoms with Crippen molar-refractivity contribution in [3.63, 3.8) is 0 Å². The summed E-state index contributed by atoms with van der Waals surface area (Å²) in [6, 6.07) is -0.846. The maximum atomic E-state index is 13.0. The molecular formula is C59H114N2O6P+. The predicted octanol–water partition coefficient (Wildman–Crippen LogP) is 17.5. The maximum absolute atomic E-state index is 13.0. The van der Waals surface area contributed by atoms with Crippen LogP contribution in [0.5, 0.6) is 0 Å². The molecular weight excluding hydrogens is 864 g/mol. The predicted molar refractivity (Wildman–Crippen MR) is 295 cm³/mol. The Bertz CT molecular complexity index is 1250. The zero-order valence-electron chi connectivity index (χ0n) is 45.6. The van der Waals surface area contributed by atoms with Crippen molar-refractivity contribution in [1.29, 1.82) is 0 Å². The first-order valence-corrected chi connectivity index (χ1v) is 30.5. The van der Waals surface area contributed by atoms with E-state index in [4.69, 9.17) is 9.05 Å². The van der Waals surface area contributed by atoms with Gasteiger partial charge in [0.25, 0.3) is 0 Å². The highest BCUT2D eigenvalue weighted by atomic mass is 31.2. The molecule has 8 nitrogen and oxygen atoms in total. The zero-order chi connectivity index (χ0) is 49.9. The van der Waals surface area contributed by atoms with E-state index in [-0.39, 0.29) is 19.1 Å². The Kier molecular flexibility index (Phi) is 49.3. The van der Waals surface area contributed by atoms with Gasteiger partial charge in [0.15, 0.2) is 0 Å². The van der Waals surface area contributed by atoms with Gasteiger partial charge in [-0.1, -0.05) is 255 Å². The molecule has 0 aliphatic carbocycles. The molecule has 9 heteroatoms. The van der Waals surface area contributed by atoms with E-state index in [2.05, 4.69) is 55.6 Å². The first-order chi connectivity index (χ1) is 33.0. The molecule has 0 rings (SSSR count). The molecule has 0 fully saturated rings. The molecule has 0 bridgehead atoms. The molecule has 0 aromatic heterocycles. The number of likely N-dealkylation sites (N-methyl/N-ethyl adjacent to an activating group) is 1. The molecule has 0 aliphatic rings. The summed E-state index contributed by atoms with van der Waals surface area (Å²) < 4.78 is 23.7. The van der Waals surface area contributed by atoms with E-state index in [0.29, 0.717) is 17.4 Å². The average molecular weight is 979 g/mol. The van der Waals surface area contributed by atoms with E-state index in [0.717, 1.165) is 51.4 Å². The summed E-state index contributed by atoms with van der Waals surface area (Å²) in [4.78, 5) is 23.3. The summed E-state index contributed by atoms with van der Waals surface area (Å²) >= 11 is 0. The summed E-state index contributed by atoms with van der Waals surface area (Å²) in [5.74, 6) is -0.175. The third-order valence-corrected chi connectivity index (χ3v) is 14.0. The van der Waals surface area contributed by atoms with E-state index in [1.54, 1.807) is 6.08 Å². The summed E-state index contributed by atoms with van der Waals surface area (Å²) in [5.41, 5.74) is 0. The van der Waals surface area contributed by atoms with Crippen LogP contribution in [0.3, 0.4) is 0 Å². The van der Waals surface area contributed by atoms with Crippen molar-refractivity contribution in [2.75, 3.05) is 40.9 Å². The van der Waals surface area contributed by atoms with E-state index < -0.39 is 20.0 Å². The monoisotopic (exact) mass is 978 g/mol. The number of carbonyl (C=O) groups excluding carboxylic acids is 1. The first kappa shape index (κ1) is 66.5. The molecule has 0 spiro atoms. The van der Waals surface area contributed by atoms with Gasteiger partial charge in [0.1, 0.15) is 13.2 Å². The van der Waals surface area contributed by atoms with Crippen molar-refractivity contribution in [2.24, 2.45) is 0 Å². The lowest BCUT2D eigenvalue weighted by Crippen LogP contribution is -2.45. The van der Waals surface area contributed by atoms with Gasteiger partial charge in [-0.15, -0.1) is 0 Å². The van der Waals surface area contributed by atoms with Gasteiger partial charge >= 0.3 is 7.82 Å². The van der Waals surface area contributed by atoms with Crippen LogP contribution in [0.25, 0.3) is 0 Å². The van der Waals surface area contributed by atoms with Crippen molar-refractivity contribution < 1.29 is 32.9 Å². The van der Waals surface area contributed by atoms with Crippen LogP contribution in [0, 0.1) is 0 Å². The standard InChI is InChI=1S/C59H113N2O6P/c1-6-8-10-12-14-16-18-20-22-23-24-25-26-27-28-29-30-31-32-33-34-35-36-37-39-41-43-45-47-49-51-53-59(63)60-57(56-67-68(64,65)66-55-54-61(3,4)5)58(62)52-50-48-46-44-42-40-38-21-19-17-15-13-11-9-7-2/h18,20,23-24,26-27,50,52,57-58,62H,6-17,19,21-22,25,28-49,51,53-56H2,1-5H3,(H-,60,63,64,65)/p+1/b20-18-,24-23-,27-26-,52-50+. The van der Waals surface area contributed by atoms with E-state index >= 15 is 0 Å². The number of phosphoric ester groups is 1. The number of unbranched alkanes of at least 4 members (excludes halogenated alkanes) is 34. The highest BCUT2D eigenvalue weighted by Gasteiger charge is 2.27. The van der Waals surface area contributed by atoms with Crippen molar-refractivity contribution in [3.05, 3.63) is 48.6 Å². The minimum atomic E-state index is -4.34. The number of rotatable bonds is 53. The molecule has 0 heterocycles. The van der Waals surface area contributed by atoms with Crippen LogP contribution in [0.1, 0.15) is 271 Å². The molecule has 0 aromatic rings. The number of hydrogen-bond donors (Lipinski definition) is 3. The SMILES string of the molecule is CCCCCCC/C=C\C/C=C\C/C=C\CCCCCCCCCCCCCCCCCCC(=O)NC(COP(=O)(O)OCC[N+](C)(C)C)C(O)/C=C/CCCCCCCCCCCCCCC. The fourth-order valence-corrected chi connectivity index (χ4v) is 9.20. The van der Waals surface area contributed by atoms with Gasteiger partial charge in [-0.2, -0.15) is 0 Å². The fourth-order valence-electron chi connectivity index (χ4n) is 8.46. The summed E-state index contributed by atoms with van der Waals surface area (Å²) in [6.07, 6.45) is 66.4. The van der Waals surface area contributed by atoms with Gasteiger partial charge in [-0.25, -0.2) is 4.57 Å². The minimum absolute atomic E-state index is 0.0618. The summed E-state index contributed by atoms with van der Waals surface area (Å²) in [7, 11) is 1.58. The number of nitrogens with zero attached hydrogens (tertiary/aromatic N) is 1. The second-order valence-electron chi connectivity index (χ2n) is 21.0. The minimum Gasteiger partial charge on any atom is -0.387 e. The van der Waals surface area contributed by atoms with Gasteiger partial charge in [0, 0.05) is 6.42 Å². The Labute approximate surface area is 422 Å². The maximum Gasteiger partial charge on any atom is 0.472 e. The number of phosphoric acid groups is 1. The van der Waals surface area contributed by atoms with Crippen LogP contribution in [0.4, 0.5) is 0 Å². The molecule has 0 radical (unpaired) electrons. The Hall–Kier alpha value is -1.54. The van der Waals surface area contributed by atoms with Crippen LogP contribution in [-0.4, -0.2) is 73.4 Å². The third kappa shape index (κ3) is 52.3. The fraction of sp³-hybridized carbons (Fsp3) is 0.847. The van der Waals surface area contributed by atoms with E-state index in [1.165, 1.54) is 199 Å². The van der Waals surface area contributed by atoms with Crippen molar-refractivity contribution in [3.8, 4) is 0 Å². The molecule has 0 aliphatic heterocycles. The van der Waals surface area contributed by atoms with Gasteiger partial charge in [0.05, 0.1) is 39.9 Å². The Morgan fingerprint density at radius 2 is 0.838 bits per heavy atom. The van der Waals surface area contributed by atoms with Crippen LogP contribution in [0.2, 0.25) is 0 Å². The molecule has 3 unspecified atom stereocenters. The van der Waals surface area contributed by atoms with Gasteiger partial charge in [0.2, 0.25) is 5.91 Å². The lowest BCUT2D eigenvalue weighted by molar-refractivity contribution is -0.870. The average Bonchev–Trinajstić information content (AvgIpc) is 3.30. The zero-order valence-corrected chi connectivity index (χ0v) is 46.5. The quantitative estimate of drug-likeness (QED) is 0.0243. The second kappa shape index (κ2) is 50.4. The van der Waals surface area contributed by atoms with Crippen molar-refractivity contribution in [2.45, 2.75) is 283 Å². The second-order valence-corrected chi connectivity index (χ2v) is 22.5. The Morgan fingerprint density at radius 1 is 0.500 bits per heavy atom. The Balaban J connectivity index is 4.09. The molecule has 0 saturated heterocycles. The molecule has 3 atom stereocenters. The van der Waals surface area contributed by atoms with Crippen molar-refractivity contribution >= 4 is 13.7 Å². The topological polar surface area (TPSA) is 105 Å². The van der Waals surface area contributed by atoms with Gasteiger partial charge in [-0.05, 0) is 57.8 Å². The number of quaternary nitrogens is 1. The number of amides is 1. The molecule has 68 heavy (non-hydrogen) atoms. The highest BCUT2D eigenvalue weighted by molar-refractivity contribution is 7.47. The smallest absolute Gasteiger partial charge is 0.387 e. The molecule has 3 N–H and O–H groups in total. The highest BCUT2D eigenvalue weighted by Crippen LogP contribution is 2.43. The van der Waals surface area contributed by atoms with Crippen molar-refractivity contribution in [1.82, 2.24) is 5.32 Å². The first-order valence-electron chi connectivity index (χ1n) is 29.0. The number of allylic oxidation sites excluding steroid dienone is 7. The summed E-state index contributed by atoms with van der Waals surface area (Å²) in [5, 5.41) is 13.9. The molecule has 0 saturated carbocycles. The number of aliphatic hydroxyl groups is 1. The Morgan fingerprint density at radius 3 is 1.22 bits per heavy atom. The largest absolute Gasteiger partial charge is 0.472 e. The van der Waals surface area contributed by atoms with E-state index in [9.17, 15) is 19.4 Å². The lowest BCUT2D eigenvalue weighted by atomic mass is 10.0. The van der Waals surface area contributed by atoms with Crippen LogP contribution in [-0.2, 0) is 18.4 Å². The molecule has 400 valence electrons. The van der Waals surface area contributed by atoms with Gasteiger partial charge in [-0.3, -0.25) is 13.8 Å². The number of hydrogen-bond acceptors (Lipinski definition) is 5. The number of aliphatic hydroxyl groups excluding tert-OH is 1. The molecule has 1 amide bonds.